The Morgan fingerprint density at radius 1 is 1.30 bits per heavy atom. The third-order valence-electron chi connectivity index (χ3n) is 1.20. The van der Waals surface area contributed by atoms with E-state index in [1.165, 1.54) is 0 Å². The number of hydrogen-bond donors (Lipinski definition) is 0. The maximum Gasteiger partial charge on any atom is 0.0636 e. The summed E-state index contributed by atoms with van der Waals surface area (Å²) in [6.45, 7) is 3.68. The van der Waals surface area contributed by atoms with E-state index in [1.807, 2.05) is 0 Å². The molecule has 10 heavy (non-hydrogen) atoms. The monoisotopic (exact) mass is 174 g/mol. The van der Waals surface area contributed by atoms with Gasteiger partial charge in [-0.05, 0) is 18.9 Å². The zero-order valence-corrected chi connectivity index (χ0v) is 6.78. The van der Waals surface area contributed by atoms with Gasteiger partial charge in [0, 0.05) is 12.4 Å². The van der Waals surface area contributed by atoms with Crippen molar-refractivity contribution >= 4 is 23.2 Å². The summed E-state index contributed by atoms with van der Waals surface area (Å²) in [5.74, 6) is 0. The molecule has 0 saturated carbocycles. The lowest BCUT2D eigenvalue weighted by Crippen LogP contribution is -1.85. The molecule has 0 amide bonds. The predicted molar refractivity (Wildman–Crippen MR) is 43.3 cm³/mol. The van der Waals surface area contributed by atoms with E-state index in [-0.39, 0.29) is 0 Å². The highest BCUT2D eigenvalue weighted by Crippen LogP contribution is 2.22. The van der Waals surface area contributed by atoms with Crippen LogP contribution in [0.5, 0.6) is 0 Å². The van der Waals surface area contributed by atoms with Crippen molar-refractivity contribution in [1.29, 1.82) is 0 Å². The molecule has 0 aromatic carbocycles. The predicted octanol–water partition coefficient (Wildman–Crippen LogP) is 2.76. The molecule has 1 aromatic rings. The maximum absolute atomic E-state index is 5.74. The zero-order valence-electron chi connectivity index (χ0n) is 5.27. The van der Waals surface area contributed by atoms with Crippen LogP contribution >= 0.6 is 23.2 Å². The zero-order chi connectivity index (χ0) is 7.56. The molecule has 0 aliphatic carbocycles. The summed E-state index contributed by atoms with van der Waals surface area (Å²) in [6.07, 6.45) is 3.72. The van der Waals surface area contributed by atoms with Crippen molar-refractivity contribution in [1.82, 2.24) is 4.98 Å². The highest BCUT2D eigenvalue weighted by molar-refractivity contribution is 6.35. The Morgan fingerprint density at radius 3 is 2.10 bits per heavy atom. The normalized spacial score (nSPS) is 9.90. The third kappa shape index (κ3) is 1.41. The maximum atomic E-state index is 5.74. The average molecular weight is 175 g/mol. The summed E-state index contributed by atoms with van der Waals surface area (Å²) >= 11 is 11.5. The minimum Gasteiger partial charge on any atom is -0.262 e. The Kier molecular flexibility index (Phi) is 2.52. The molecule has 0 saturated heterocycles. The Bertz CT molecular complexity index is 215. The second-order valence-corrected chi connectivity index (χ2v) is 2.65. The summed E-state index contributed by atoms with van der Waals surface area (Å²) < 4.78 is 0. The molecule has 1 nitrogen and oxygen atoms in total. The molecule has 0 bridgehead atoms. The van der Waals surface area contributed by atoms with Crippen LogP contribution in [0.1, 0.15) is 5.56 Å². The van der Waals surface area contributed by atoms with Gasteiger partial charge >= 0.3 is 0 Å². The molecule has 0 fully saturated rings. The molecule has 1 radical (unpaired) electrons. The van der Waals surface area contributed by atoms with Crippen LogP contribution < -0.4 is 0 Å². The average Bonchev–Trinajstić information content (AvgIpc) is 1.88. The van der Waals surface area contributed by atoms with Gasteiger partial charge in [-0.25, -0.2) is 0 Å². The summed E-state index contributed by atoms with van der Waals surface area (Å²) in [4.78, 5) is 3.80. The van der Waals surface area contributed by atoms with Crippen LogP contribution in [-0.4, -0.2) is 4.98 Å². The fourth-order valence-electron chi connectivity index (χ4n) is 0.677. The molecule has 1 rings (SSSR count). The van der Waals surface area contributed by atoms with Crippen molar-refractivity contribution in [2.75, 3.05) is 0 Å². The van der Waals surface area contributed by atoms with Crippen molar-refractivity contribution in [2.45, 2.75) is 6.42 Å². The van der Waals surface area contributed by atoms with E-state index in [0.29, 0.717) is 16.5 Å². The Balaban J connectivity index is 3.17. The van der Waals surface area contributed by atoms with Crippen LogP contribution in [0, 0.1) is 6.92 Å². The van der Waals surface area contributed by atoms with E-state index in [0.717, 1.165) is 5.56 Å². The lowest BCUT2D eigenvalue weighted by Gasteiger charge is -2.00. The van der Waals surface area contributed by atoms with E-state index in [1.54, 1.807) is 12.4 Å². The second-order valence-electron chi connectivity index (χ2n) is 1.83. The molecular formula is C7H6Cl2N. The Hall–Kier alpha value is -0.270. The van der Waals surface area contributed by atoms with Crippen molar-refractivity contribution in [3.63, 3.8) is 0 Å². The first-order valence-electron chi connectivity index (χ1n) is 2.83. The third-order valence-corrected chi connectivity index (χ3v) is 1.85. The number of nitrogens with zero attached hydrogens (tertiary/aromatic N) is 1. The van der Waals surface area contributed by atoms with E-state index in [9.17, 15) is 0 Å². The Morgan fingerprint density at radius 2 is 1.80 bits per heavy atom. The van der Waals surface area contributed by atoms with Gasteiger partial charge in [0.15, 0.2) is 0 Å². The first kappa shape index (κ1) is 7.83. The molecule has 1 aromatic heterocycles. The molecule has 0 unspecified atom stereocenters. The molecule has 0 aliphatic rings. The molecule has 0 atom stereocenters. The number of hydrogen-bond acceptors (Lipinski definition) is 1. The van der Waals surface area contributed by atoms with Gasteiger partial charge in [-0.3, -0.25) is 4.98 Å². The fourth-order valence-corrected chi connectivity index (χ4v) is 1.23. The van der Waals surface area contributed by atoms with Crippen molar-refractivity contribution < 1.29 is 0 Å². The summed E-state index contributed by atoms with van der Waals surface area (Å²) in [5.41, 5.74) is 0.860. The van der Waals surface area contributed by atoms with Gasteiger partial charge in [0.2, 0.25) is 0 Å². The minimum atomic E-state index is 0.586. The van der Waals surface area contributed by atoms with Gasteiger partial charge in [0.1, 0.15) is 0 Å². The Labute approximate surface area is 70.0 Å². The highest BCUT2D eigenvalue weighted by Gasteiger charge is 2.01. The smallest absolute Gasteiger partial charge is 0.0636 e. The van der Waals surface area contributed by atoms with E-state index in [2.05, 4.69) is 11.9 Å². The minimum absolute atomic E-state index is 0.586. The summed E-state index contributed by atoms with van der Waals surface area (Å²) in [7, 11) is 0. The molecule has 3 heteroatoms. The molecular weight excluding hydrogens is 169 g/mol. The summed E-state index contributed by atoms with van der Waals surface area (Å²) in [6, 6.07) is 0. The van der Waals surface area contributed by atoms with Crippen LogP contribution in [0.25, 0.3) is 0 Å². The number of pyridine rings is 1. The molecule has 53 valence electrons. The van der Waals surface area contributed by atoms with Crippen LogP contribution in [0.3, 0.4) is 0 Å². The lowest BCUT2D eigenvalue weighted by atomic mass is 10.2. The first-order chi connectivity index (χ1) is 4.75. The number of aromatic nitrogens is 1. The topological polar surface area (TPSA) is 12.9 Å². The lowest BCUT2D eigenvalue weighted by molar-refractivity contribution is 1.21. The van der Waals surface area contributed by atoms with Gasteiger partial charge in [-0.2, -0.15) is 0 Å². The second kappa shape index (κ2) is 3.22. The number of rotatable bonds is 1. The highest BCUT2D eigenvalue weighted by atomic mass is 35.5. The van der Waals surface area contributed by atoms with Crippen molar-refractivity contribution in [2.24, 2.45) is 0 Å². The van der Waals surface area contributed by atoms with Gasteiger partial charge in [-0.15, -0.1) is 0 Å². The molecule has 0 N–H and O–H groups in total. The van der Waals surface area contributed by atoms with Gasteiger partial charge in [0.25, 0.3) is 0 Å². The molecule has 1 heterocycles. The van der Waals surface area contributed by atoms with E-state index >= 15 is 0 Å². The van der Waals surface area contributed by atoms with E-state index in [4.69, 9.17) is 23.2 Å². The fraction of sp³-hybridized carbons (Fsp3) is 0.143. The van der Waals surface area contributed by atoms with Gasteiger partial charge in [-0.1, -0.05) is 23.2 Å². The van der Waals surface area contributed by atoms with E-state index < -0.39 is 0 Å². The summed E-state index contributed by atoms with van der Waals surface area (Å²) in [5, 5.41) is 1.17. The van der Waals surface area contributed by atoms with Gasteiger partial charge < -0.3 is 0 Å². The van der Waals surface area contributed by atoms with Gasteiger partial charge in [0.05, 0.1) is 10.0 Å². The molecule has 0 aliphatic heterocycles. The SMILES string of the molecule is [CH2]Cc1c(Cl)cncc1Cl. The van der Waals surface area contributed by atoms with Crippen molar-refractivity contribution in [3.8, 4) is 0 Å². The van der Waals surface area contributed by atoms with Crippen molar-refractivity contribution in [3.05, 3.63) is 34.9 Å². The largest absolute Gasteiger partial charge is 0.262 e. The standard InChI is InChI=1S/C7H6Cl2N/c1-2-5-6(8)3-10-4-7(5)9/h3-4H,1-2H2. The van der Waals surface area contributed by atoms with Crippen LogP contribution in [-0.2, 0) is 6.42 Å². The van der Waals surface area contributed by atoms with Crippen LogP contribution in [0.15, 0.2) is 12.4 Å². The molecule has 0 spiro atoms. The van der Waals surface area contributed by atoms with Crippen LogP contribution in [0.2, 0.25) is 10.0 Å². The van der Waals surface area contributed by atoms with Crippen LogP contribution in [0.4, 0.5) is 0 Å². The first-order valence-corrected chi connectivity index (χ1v) is 3.58. The number of halogens is 2. The quantitative estimate of drug-likeness (QED) is 0.639.